The molecule has 0 aromatic carbocycles. The molecule has 7 heteroatoms. The molecule has 124 valence electrons. The first kappa shape index (κ1) is 13.9. The Hall–Kier alpha value is -2.44. The van der Waals surface area contributed by atoms with Gasteiger partial charge in [-0.05, 0) is 38.7 Å². The number of nitrogens with zero attached hydrogens (tertiary/aromatic N) is 6. The van der Waals surface area contributed by atoms with Gasteiger partial charge in [0.05, 0.1) is 5.69 Å². The minimum Gasteiger partial charge on any atom is -0.425 e. The monoisotopic (exact) mass is 324 g/mol. The summed E-state index contributed by atoms with van der Waals surface area (Å²) in [6.07, 6.45) is 8.14. The molecule has 3 aromatic rings. The fraction of sp³-hybridized carbons (Fsp3) is 0.529. The van der Waals surface area contributed by atoms with Crippen LogP contribution in [-0.4, -0.2) is 37.9 Å². The Bertz CT molecular complexity index is 872. The second-order valence-corrected chi connectivity index (χ2v) is 6.88. The summed E-state index contributed by atoms with van der Waals surface area (Å²) in [5.74, 6) is 3.57. The fourth-order valence-electron chi connectivity index (χ4n) is 3.52. The van der Waals surface area contributed by atoms with Crippen molar-refractivity contribution in [1.29, 1.82) is 0 Å². The van der Waals surface area contributed by atoms with Crippen molar-refractivity contribution in [2.45, 2.75) is 44.4 Å². The largest absolute Gasteiger partial charge is 0.425 e. The molecule has 2 fully saturated rings. The van der Waals surface area contributed by atoms with Gasteiger partial charge >= 0.3 is 0 Å². The Morgan fingerprint density at radius 3 is 2.46 bits per heavy atom. The van der Waals surface area contributed by atoms with Crippen LogP contribution in [0.4, 0.5) is 5.82 Å². The molecule has 0 atom stereocenters. The second-order valence-electron chi connectivity index (χ2n) is 6.88. The van der Waals surface area contributed by atoms with Gasteiger partial charge in [-0.1, -0.05) is 0 Å². The van der Waals surface area contributed by atoms with Crippen molar-refractivity contribution >= 4 is 11.3 Å². The zero-order valence-corrected chi connectivity index (χ0v) is 13.7. The Labute approximate surface area is 139 Å². The number of aromatic nitrogens is 5. The molecule has 1 aliphatic carbocycles. The summed E-state index contributed by atoms with van der Waals surface area (Å²) in [5.41, 5.74) is 2.08. The molecule has 1 saturated carbocycles. The summed E-state index contributed by atoms with van der Waals surface area (Å²) in [7, 11) is 0. The van der Waals surface area contributed by atoms with Crippen molar-refractivity contribution in [2.24, 2.45) is 0 Å². The molecule has 1 saturated heterocycles. The molecule has 3 aromatic heterocycles. The lowest BCUT2D eigenvalue weighted by atomic mass is 9.97. The predicted molar refractivity (Wildman–Crippen MR) is 88.2 cm³/mol. The van der Waals surface area contributed by atoms with Crippen LogP contribution in [0.2, 0.25) is 0 Å². The van der Waals surface area contributed by atoms with E-state index in [-0.39, 0.29) is 0 Å². The normalized spacial score (nSPS) is 19.3. The highest BCUT2D eigenvalue weighted by molar-refractivity contribution is 5.69. The van der Waals surface area contributed by atoms with Crippen molar-refractivity contribution < 1.29 is 4.42 Å². The average molecular weight is 324 g/mol. The van der Waals surface area contributed by atoms with E-state index in [2.05, 4.69) is 31.2 Å². The van der Waals surface area contributed by atoms with Gasteiger partial charge in [0.2, 0.25) is 11.8 Å². The number of anilines is 1. The van der Waals surface area contributed by atoms with Crippen LogP contribution >= 0.6 is 0 Å². The van der Waals surface area contributed by atoms with Crippen LogP contribution in [0.25, 0.3) is 5.52 Å². The van der Waals surface area contributed by atoms with E-state index in [0.717, 1.165) is 54.7 Å². The Morgan fingerprint density at radius 2 is 1.75 bits per heavy atom. The summed E-state index contributed by atoms with van der Waals surface area (Å²) >= 11 is 0. The molecular formula is C17H20N6O. The maximum Gasteiger partial charge on any atom is 0.219 e. The summed E-state index contributed by atoms with van der Waals surface area (Å²) in [6, 6.07) is 2.09. The third-order valence-corrected chi connectivity index (χ3v) is 5.02. The maximum absolute atomic E-state index is 5.89. The second kappa shape index (κ2) is 5.29. The van der Waals surface area contributed by atoms with E-state index < -0.39 is 0 Å². The number of hydrogen-bond acceptors (Lipinski definition) is 6. The van der Waals surface area contributed by atoms with E-state index in [1.807, 2.05) is 23.8 Å². The van der Waals surface area contributed by atoms with Gasteiger partial charge in [-0.3, -0.25) is 0 Å². The van der Waals surface area contributed by atoms with E-state index in [4.69, 9.17) is 4.42 Å². The number of rotatable bonds is 3. The smallest absolute Gasteiger partial charge is 0.219 e. The quantitative estimate of drug-likeness (QED) is 0.737. The van der Waals surface area contributed by atoms with Gasteiger partial charge in [0.15, 0.2) is 5.82 Å². The molecule has 0 unspecified atom stereocenters. The van der Waals surface area contributed by atoms with Crippen LogP contribution in [0.1, 0.15) is 55.0 Å². The van der Waals surface area contributed by atoms with E-state index >= 15 is 0 Å². The molecule has 2 aliphatic rings. The lowest BCUT2D eigenvalue weighted by Crippen LogP contribution is -2.33. The van der Waals surface area contributed by atoms with Crippen LogP contribution in [0.15, 0.2) is 22.9 Å². The van der Waals surface area contributed by atoms with Gasteiger partial charge in [-0.2, -0.15) is 5.10 Å². The summed E-state index contributed by atoms with van der Waals surface area (Å²) in [4.78, 5) is 6.93. The average Bonchev–Trinajstić information content (AvgIpc) is 3.20. The van der Waals surface area contributed by atoms with E-state index in [1.54, 1.807) is 0 Å². The number of piperidine rings is 1. The minimum absolute atomic E-state index is 0.368. The first-order valence-corrected chi connectivity index (χ1v) is 8.67. The van der Waals surface area contributed by atoms with Crippen molar-refractivity contribution in [1.82, 2.24) is 24.8 Å². The number of hydrogen-bond donors (Lipinski definition) is 0. The van der Waals surface area contributed by atoms with Gasteiger partial charge in [0.25, 0.3) is 0 Å². The van der Waals surface area contributed by atoms with Gasteiger partial charge < -0.3 is 9.32 Å². The third kappa shape index (κ3) is 2.35. The van der Waals surface area contributed by atoms with Crippen LogP contribution < -0.4 is 4.90 Å². The number of aryl methyl sites for hydroxylation is 1. The lowest BCUT2D eigenvalue weighted by molar-refractivity contribution is 0.375. The van der Waals surface area contributed by atoms with Gasteiger partial charge in [0, 0.05) is 37.3 Å². The SMILES string of the molecule is Cc1cc2c(N3CCC(c4nnc(C5CC5)o4)CC3)nccn2n1. The Kier molecular flexibility index (Phi) is 3.08. The molecule has 0 radical (unpaired) electrons. The summed E-state index contributed by atoms with van der Waals surface area (Å²) < 4.78 is 7.80. The molecular weight excluding hydrogens is 304 g/mol. The first-order chi connectivity index (χ1) is 11.8. The van der Waals surface area contributed by atoms with Crippen molar-refractivity contribution in [3.63, 3.8) is 0 Å². The lowest BCUT2D eigenvalue weighted by Gasteiger charge is -2.31. The standard InChI is InChI=1S/C17H20N6O/c1-11-10-14-15(18-6-9-23(14)21-11)22-7-4-13(5-8-22)17-20-19-16(24-17)12-2-3-12/h6,9-10,12-13H,2-5,7-8H2,1H3. The Balaban J connectivity index is 1.33. The van der Waals surface area contributed by atoms with Gasteiger partial charge in [-0.25, -0.2) is 9.50 Å². The van der Waals surface area contributed by atoms with E-state index in [0.29, 0.717) is 11.8 Å². The van der Waals surface area contributed by atoms with Crippen LogP contribution in [-0.2, 0) is 0 Å². The number of fused-ring (bicyclic) bond motifs is 1. The molecule has 5 rings (SSSR count). The first-order valence-electron chi connectivity index (χ1n) is 8.67. The zero-order chi connectivity index (χ0) is 16.1. The van der Waals surface area contributed by atoms with Gasteiger partial charge in [0.1, 0.15) is 5.52 Å². The third-order valence-electron chi connectivity index (χ3n) is 5.02. The van der Waals surface area contributed by atoms with E-state index in [1.165, 1.54) is 12.8 Å². The molecule has 1 aliphatic heterocycles. The molecule has 0 spiro atoms. The maximum atomic E-state index is 5.89. The fourth-order valence-corrected chi connectivity index (χ4v) is 3.52. The topological polar surface area (TPSA) is 72.4 Å². The molecule has 0 N–H and O–H groups in total. The van der Waals surface area contributed by atoms with Crippen molar-refractivity contribution in [3.8, 4) is 0 Å². The van der Waals surface area contributed by atoms with Crippen molar-refractivity contribution in [2.75, 3.05) is 18.0 Å². The highest BCUT2D eigenvalue weighted by atomic mass is 16.4. The molecule has 7 nitrogen and oxygen atoms in total. The minimum atomic E-state index is 0.368. The van der Waals surface area contributed by atoms with Crippen molar-refractivity contribution in [3.05, 3.63) is 35.9 Å². The van der Waals surface area contributed by atoms with E-state index in [9.17, 15) is 0 Å². The molecule has 0 amide bonds. The zero-order valence-electron chi connectivity index (χ0n) is 13.7. The molecule has 0 bridgehead atoms. The summed E-state index contributed by atoms with van der Waals surface area (Å²) in [6.45, 7) is 3.90. The van der Waals surface area contributed by atoms with Crippen LogP contribution in [0.3, 0.4) is 0 Å². The molecule has 4 heterocycles. The Morgan fingerprint density at radius 1 is 1.04 bits per heavy atom. The highest BCUT2D eigenvalue weighted by Crippen LogP contribution is 2.40. The van der Waals surface area contributed by atoms with Gasteiger partial charge in [-0.15, -0.1) is 10.2 Å². The highest BCUT2D eigenvalue weighted by Gasteiger charge is 2.32. The van der Waals surface area contributed by atoms with Crippen LogP contribution in [0.5, 0.6) is 0 Å². The predicted octanol–water partition coefficient (Wildman–Crippen LogP) is 2.68. The summed E-state index contributed by atoms with van der Waals surface area (Å²) in [5, 5.41) is 13.0. The van der Waals surface area contributed by atoms with Crippen LogP contribution in [0, 0.1) is 6.92 Å². The molecule has 24 heavy (non-hydrogen) atoms.